The molecular formula is C26H30O7. The van der Waals surface area contributed by atoms with Crippen LogP contribution in [0.5, 0.6) is 28.7 Å². The van der Waals surface area contributed by atoms with Gasteiger partial charge in [-0.05, 0) is 57.7 Å². The van der Waals surface area contributed by atoms with Gasteiger partial charge in [0.2, 0.25) is 5.78 Å². The van der Waals surface area contributed by atoms with Crippen LogP contribution in [0, 0.1) is 0 Å². The summed E-state index contributed by atoms with van der Waals surface area (Å²) in [6.45, 7) is 6.05. The van der Waals surface area contributed by atoms with Crippen molar-refractivity contribution in [3.05, 3.63) is 64.3 Å². The van der Waals surface area contributed by atoms with Crippen molar-refractivity contribution in [2.45, 2.75) is 52.2 Å². The summed E-state index contributed by atoms with van der Waals surface area (Å²) in [6, 6.07) is 5.61. The van der Waals surface area contributed by atoms with Crippen molar-refractivity contribution in [2.24, 2.45) is 0 Å². The van der Waals surface area contributed by atoms with Crippen LogP contribution in [0.3, 0.4) is 0 Å². The summed E-state index contributed by atoms with van der Waals surface area (Å²) in [4.78, 5) is 13.0. The summed E-state index contributed by atoms with van der Waals surface area (Å²) in [5.74, 6) is -1.27. The molecule has 0 aromatic heterocycles. The highest BCUT2D eigenvalue weighted by Crippen LogP contribution is 2.45. The second kappa shape index (κ2) is 10.0. The number of hydrogen-bond donors (Lipinski definition) is 4. The number of benzene rings is 2. The lowest BCUT2D eigenvalue weighted by Gasteiger charge is -2.31. The summed E-state index contributed by atoms with van der Waals surface area (Å²) in [5, 5.41) is 41.8. The highest BCUT2D eigenvalue weighted by atomic mass is 16.5. The Morgan fingerprint density at radius 1 is 1.09 bits per heavy atom. The van der Waals surface area contributed by atoms with Crippen molar-refractivity contribution in [1.82, 2.24) is 0 Å². The first-order valence-corrected chi connectivity index (χ1v) is 10.8. The van der Waals surface area contributed by atoms with Crippen LogP contribution in [-0.2, 0) is 6.42 Å². The predicted octanol–water partition coefficient (Wildman–Crippen LogP) is 4.72. The molecule has 2 aromatic carbocycles. The van der Waals surface area contributed by atoms with Gasteiger partial charge in [-0.25, -0.2) is 0 Å². The van der Waals surface area contributed by atoms with Crippen LogP contribution >= 0.6 is 0 Å². The monoisotopic (exact) mass is 454 g/mol. The molecule has 0 bridgehead atoms. The molecular weight excluding hydrogens is 424 g/mol. The van der Waals surface area contributed by atoms with Crippen LogP contribution in [-0.4, -0.2) is 39.4 Å². The first-order chi connectivity index (χ1) is 15.6. The number of aromatic hydroxyl groups is 3. The molecule has 0 saturated heterocycles. The van der Waals surface area contributed by atoms with Gasteiger partial charge in [0.1, 0.15) is 22.8 Å². The molecule has 2 aromatic rings. The summed E-state index contributed by atoms with van der Waals surface area (Å²) >= 11 is 0. The lowest BCUT2D eigenvalue weighted by molar-refractivity contribution is 0.0209. The fraction of sp³-hybridized carbons (Fsp3) is 0.346. The molecule has 2 atom stereocenters. The third-order valence-electron chi connectivity index (χ3n) is 5.68. The molecule has 4 N–H and O–H groups in total. The van der Waals surface area contributed by atoms with Crippen molar-refractivity contribution < 1.29 is 34.7 Å². The van der Waals surface area contributed by atoms with E-state index in [1.165, 1.54) is 36.9 Å². The van der Waals surface area contributed by atoms with E-state index >= 15 is 0 Å². The van der Waals surface area contributed by atoms with Gasteiger partial charge in [-0.1, -0.05) is 29.4 Å². The number of aliphatic hydroxyl groups is 1. The minimum Gasteiger partial charge on any atom is -0.507 e. The number of carbonyl (C=O) groups excluding carboxylic acids is 1. The Hall–Kier alpha value is -3.45. The van der Waals surface area contributed by atoms with Gasteiger partial charge in [0.15, 0.2) is 23.7 Å². The molecule has 3 rings (SSSR count). The van der Waals surface area contributed by atoms with E-state index in [-0.39, 0.29) is 40.5 Å². The number of fused-ring (bicyclic) bond motifs is 1. The van der Waals surface area contributed by atoms with Crippen LogP contribution in [0.4, 0.5) is 0 Å². The van der Waals surface area contributed by atoms with Crippen LogP contribution in [0.1, 0.15) is 61.2 Å². The van der Waals surface area contributed by atoms with E-state index in [9.17, 15) is 25.2 Å². The van der Waals surface area contributed by atoms with Crippen molar-refractivity contribution in [3.63, 3.8) is 0 Å². The minimum absolute atomic E-state index is 0.0228. The normalized spacial score (nSPS) is 17.8. The number of aliphatic hydroxyl groups excluding tert-OH is 1. The largest absolute Gasteiger partial charge is 0.507 e. The van der Waals surface area contributed by atoms with E-state index in [1.54, 1.807) is 0 Å². The minimum atomic E-state index is -1.59. The van der Waals surface area contributed by atoms with E-state index in [4.69, 9.17) is 9.47 Å². The molecule has 1 aliphatic heterocycles. The van der Waals surface area contributed by atoms with Crippen molar-refractivity contribution in [3.8, 4) is 28.7 Å². The molecule has 0 fully saturated rings. The molecule has 0 aliphatic carbocycles. The van der Waals surface area contributed by atoms with Gasteiger partial charge in [-0.2, -0.15) is 0 Å². The third-order valence-corrected chi connectivity index (χ3v) is 5.68. The molecule has 0 radical (unpaired) electrons. The molecule has 2 unspecified atom stereocenters. The van der Waals surface area contributed by atoms with E-state index < -0.39 is 23.7 Å². The van der Waals surface area contributed by atoms with E-state index in [1.807, 2.05) is 26.8 Å². The highest BCUT2D eigenvalue weighted by Gasteiger charge is 2.40. The van der Waals surface area contributed by atoms with Crippen molar-refractivity contribution in [2.75, 3.05) is 7.11 Å². The number of carbonyl (C=O) groups is 1. The maximum Gasteiger partial charge on any atom is 0.202 e. The van der Waals surface area contributed by atoms with E-state index in [0.29, 0.717) is 5.56 Å². The number of ether oxygens (including phenoxy) is 2. The maximum atomic E-state index is 13.0. The van der Waals surface area contributed by atoms with Gasteiger partial charge in [0.25, 0.3) is 0 Å². The molecule has 33 heavy (non-hydrogen) atoms. The lowest BCUT2D eigenvalue weighted by Crippen LogP contribution is -2.36. The molecule has 0 saturated carbocycles. The van der Waals surface area contributed by atoms with Gasteiger partial charge >= 0.3 is 0 Å². The molecule has 1 heterocycles. The first kappa shape index (κ1) is 24.2. The number of ketones is 1. The lowest BCUT2D eigenvalue weighted by atomic mass is 9.90. The number of hydrogen-bond acceptors (Lipinski definition) is 7. The van der Waals surface area contributed by atoms with Gasteiger partial charge in [-0.15, -0.1) is 0 Å². The van der Waals surface area contributed by atoms with Gasteiger partial charge in [-0.3, -0.25) is 4.79 Å². The Kier molecular flexibility index (Phi) is 7.33. The topological polar surface area (TPSA) is 116 Å². The number of allylic oxidation sites excluding steroid dienone is 4. The average molecular weight is 455 g/mol. The quantitative estimate of drug-likeness (QED) is 0.447. The molecule has 0 spiro atoms. The van der Waals surface area contributed by atoms with Gasteiger partial charge in [0, 0.05) is 11.6 Å². The Labute approximate surface area is 193 Å². The number of methoxy groups -OCH3 is 1. The van der Waals surface area contributed by atoms with Crippen LogP contribution in [0.2, 0.25) is 0 Å². The second-order valence-electron chi connectivity index (χ2n) is 8.45. The number of phenolic OH excluding ortho intramolecular Hbond substituents is 3. The zero-order chi connectivity index (χ0) is 24.3. The molecule has 176 valence electrons. The zero-order valence-electron chi connectivity index (χ0n) is 19.3. The fourth-order valence-corrected chi connectivity index (χ4v) is 3.78. The van der Waals surface area contributed by atoms with E-state index in [2.05, 4.69) is 6.08 Å². The summed E-state index contributed by atoms with van der Waals surface area (Å²) in [6.07, 6.45) is 3.33. The van der Waals surface area contributed by atoms with Gasteiger partial charge in [0.05, 0.1) is 7.11 Å². The standard InChI is InChI=1S/C26H30O7/c1-14(2)6-5-7-15(3)8-10-17-19(28)13-21-22(23(17)29)24(30)25(31)26(33-21)16-9-11-18(27)20(12-16)32-4/h6,8-9,11-13,25-29,31H,5,7,10H2,1-4H3/b15-8+. The Balaban J connectivity index is 1.90. The molecule has 7 nitrogen and oxygen atoms in total. The predicted molar refractivity (Wildman–Crippen MR) is 124 cm³/mol. The second-order valence-corrected chi connectivity index (χ2v) is 8.45. The number of rotatable bonds is 7. The van der Waals surface area contributed by atoms with Crippen molar-refractivity contribution >= 4 is 5.78 Å². The number of Topliss-reactive ketones (excluding diaryl/α,β-unsaturated/α-hetero) is 1. The molecule has 1 aliphatic rings. The zero-order valence-corrected chi connectivity index (χ0v) is 19.3. The SMILES string of the molecule is COc1cc(C2Oc3cc(O)c(C/C=C(\C)CCC=C(C)C)c(O)c3C(=O)C2O)ccc1O. The summed E-state index contributed by atoms with van der Waals surface area (Å²) in [5.41, 5.74) is 2.77. The highest BCUT2D eigenvalue weighted by molar-refractivity contribution is 6.06. The molecule has 7 heteroatoms. The summed E-state index contributed by atoms with van der Waals surface area (Å²) < 4.78 is 10.9. The maximum absolute atomic E-state index is 13.0. The van der Waals surface area contributed by atoms with Crippen LogP contribution in [0.15, 0.2) is 47.6 Å². The molecule has 0 amide bonds. The van der Waals surface area contributed by atoms with Crippen molar-refractivity contribution in [1.29, 1.82) is 0 Å². The average Bonchev–Trinajstić information content (AvgIpc) is 2.76. The Bertz CT molecular complexity index is 1110. The van der Waals surface area contributed by atoms with Crippen LogP contribution < -0.4 is 9.47 Å². The van der Waals surface area contributed by atoms with E-state index in [0.717, 1.165) is 18.4 Å². The fourth-order valence-electron chi connectivity index (χ4n) is 3.78. The Morgan fingerprint density at radius 3 is 2.48 bits per heavy atom. The Morgan fingerprint density at radius 2 is 1.82 bits per heavy atom. The van der Waals surface area contributed by atoms with Crippen LogP contribution in [0.25, 0.3) is 0 Å². The third kappa shape index (κ3) is 5.14. The first-order valence-electron chi connectivity index (χ1n) is 10.8. The number of phenols is 3. The summed E-state index contributed by atoms with van der Waals surface area (Å²) in [7, 11) is 1.38. The smallest absolute Gasteiger partial charge is 0.202 e. The van der Waals surface area contributed by atoms with Gasteiger partial charge < -0.3 is 29.9 Å².